The number of ether oxygens (including phenoxy) is 2. The molecule has 2 atom stereocenters. The third kappa shape index (κ3) is 2.65. The van der Waals surface area contributed by atoms with Crippen molar-refractivity contribution in [1.82, 2.24) is 0 Å². The van der Waals surface area contributed by atoms with E-state index in [9.17, 15) is 9.59 Å². The van der Waals surface area contributed by atoms with Crippen LogP contribution < -0.4 is 0 Å². The number of carbonyl (C=O) groups is 2. The van der Waals surface area contributed by atoms with Gasteiger partial charge in [0.25, 0.3) is 0 Å². The quantitative estimate of drug-likeness (QED) is 0.702. The van der Waals surface area contributed by atoms with Gasteiger partial charge in [-0.1, -0.05) is 0 Å². The van der Waals surface area contributed by atoms with Gasteiger partial charge in [0.1, 0.15) is 6.10 Å². The first-order chi connectivity index (χ1) is 6.54. The van der Waals surface area contributed by atoms with Crippen LogP contribution in [0.1, 0.15) is 13.3 Å². The van der Waals surface area contributed by atoms with Gasteiger partial charge >= 0.3 is 5.97 Å². The second-order valence-corrected chi connectivity index (χ2v) is 3.83. The van der Waals surface area contributed by atoms with Gasteiger partial charge in [-0.05, 0) is 28.9 Å². The van der Waals surface area contributed by atoms with E-state index in [1.807, 2.05) is 0 Å². The maximum atomic E-state index is 11.3. The molecule has 0 saturated heterocycles. The van der Waals surface area contributed by atoms with Gasteiger partial charge in [0.15, 0.2) is 5.78 Å². The molecule has 0 aromatic heterocycles. The van der Waals surface area contributed by atoms with Crippen molar-refractivity contribution in [2.75, 3.05) is 7.11 Å². The molecule has 0 aromatic carbocycles. The standard InChI is InChI=1S/C9H11BrO4/c1-5-9(12)7(10)3-6(14-5)4-8(11)13-2/h3,5-6H,4H2,1-2H3/t5-,6+/m0/s1. The van der Waals surface area contributed by atoms with Crippen molar-refractivity contribution in [3.05, 3.63) is 10.6 Å². The summed E-state index contributed by atoms with van der Waals surface area (Å²) in [5.74, 6) is -0.459. The van der Waals surface area contributed by atoms with Gasteiger partial charge in [0, 0.05) is 0 Å². The van der Waals surface area contributed by atoms with Gasteiger partial charge in [-0.3, -0.25) is 9.59 Å². The highest BCUT2D eigenvalue weighted by Crippen LogP contribution is 2.21. The molecular formula is C9H11BrO4. The third-order valence-corrected chi connectivity index (χ3v) is 2.57. The lowest BCUT2D eigenvalue weighted by atomic mass is 10.1. The molecule has 14 heavy (non-hydrogen) atoms. The van der Waals surface area contributed by atoms with Crippen molar-refractivity contribution in [3.63, 3.8) is 0 Å². The van der Waals surface area contributed by atoms with Gasteiger partial charge in [-0.25, -0.2) is 0 Å². The predicted octanol–water partition coefficient (Wildman–Crippen LogP) is 1.18. The molecule has 1 aliphatic rings. The first-order valence-electron chi connectivity index (χ1n) is 4.18. The van der Waals surface area contributed by atoms with E-state index in [0.29, 0.717) is 4.48 Å². The number of rotatable bonds is 2. The summed E-state index contributed by atoms with van der Waals surface area (Å²) in [6.45, 7) is 1.65. The minimum absolute atomic E-state index is 0.105. The van der Waals surface area contributed by atoms with Gasteiger partial charge < -0.3 is 9.47 Å². The molecule has 1 heterocycles. The Kier molecular flexibility index (Phi) is 3.83. The summed E-state index contributed by atoms with van der Waals surface area (Å²) < 4.78 is 10.2. The molecule has 0 radical (unpaired) electrons. The zero-order valence-corrected chi connectivity index (χ0v) is 9.54. The van der Waals surface area contributed by atoms with Crippen LogP contribution in [0.5, 0.6) is 0 Å². The molecule has 1 aliphatic heterocycles. The Morgan fingerprint density at radius 2 is 2.36 bits per heavy atom. The zero-order valence-electron chi connectivity index (χ0n) is 7.95. The van der Waals surface area contributed by atoms with E-state index in [0.717, 1.165) is 0 Å². The van der Waals surface area contributed by atoms with Crippen LogP contribution in [-0.2, 0) is 19.1 Å². The summed E-state index contributed by atoms with van der Waals surface area (Å²) in [6.07, 6.45) is 0.816. The Hall–Kier alpha value is -0.680. The van der Waals surface area contributed by atoms with Crippen molar-refractivity contribution in [2.24, 2.45) is 0 Å². The normalized spacial score (nSPS) is 27.1. The van der Waals surface area contributed by atoms with E-state index in [1.54, 1.807) is 13.0 Å². The molecule has 0 aliphatic carbocycles. The fraction of sp³-hybridized carbons (Fsp3) is 0.556. The fourth-order valence-corrected chi connectivity index (χ4v) is 1.77. The van der Waals surface area contributed by atoms with Gasteiger partial charge in [0.2, 0.25) is 0 Å². The lowest BCUT2D eigenvalue weighted by molar-refractivity contribution is -0.146. The van der Waals surface area contributed by atoms with E-state index in [1.165, 1.54) is 7.11 Å². The SMILES string of the molecule is COC(=O)C[C@H]1C=C(Br)C(=O)[C@H](C)O1. The highest BCUT2D eigenvalue weighted by molar-refractivity contribution is 9.12. The summed E-state index contributed by atoms with van der Waals surface area (Å²) in [5.41, 5.74) is 0. The van der Waals surface area contributed by atoms with Crippen LogP contribution in [0.25, 0.3) is 0 Å². The first-order valence-corrected chi connectivity index (χ1v) is 4.97. The molecule has 0 saturated carbocycles. The number of ketones is 1. The van der Waals surface area contributed by atoms with E-state index in [2.05, 4.69) is 20.7 Å². The predicted molar refractivity (Wildman–Crippen MR) is 53.0 cm³/mol. The van der Waals surface area contributed by atoms with E-state index in [-0.39, 0.29) is 24.3 Å². The summed E-state index contributed by atoms with van der Waals surface area (Å²) in [7, 11) is 1.32. The average molecular weight is 263 g/mol. The maximum absolute atomic E-state index is 11.3. The second kappa shape index (κ2) is 4.70. The monoisotopic (exact) mass is 262 g/mol. The van der Waals surface area contributed by atoms with Gasteiger partial charge in [-0.15, -0.1) is 0 Å². The van der Waals surface area contributed by atoms with Crippen molar-refractivity contribution in [2.45, 2.75) is 25.6 Å². The summed E-state index contributed by atoms with van der Waals surface area (Å²) >= 11 is 3.13. The summed E-state index contributed by atoms with van der Waals surface area (Å²) in [5, 5.41) is 0. The van der Waals surface area contributed by atoms with E-state index < -0.39 is 6.10 Å². The zero-order chi connectivity index (χ0) is 10.7. The molecule has 78 valence electrons. The summed E-state index contributed by atoms with van der Waals surface area (Å²) in [4.78, 5) is 22.2. The van der Waals surface area contributed by atoms with Crippen molar-refractivity contribution >= 4 is 27.7 Å². The van der Waals surface area contributed by atoms with Crippen molar-refractivity contribution < 1.29 is 19.1 Å². The molecule has 0 amide bonds. The van der Waals surface area contributed by atoms with Crippen molar-refractivity contribution in [1.29, 1.82) is 0 Å². The molecule has 4 nitrogen and oxygen atoms in total. The minimum Gasteiger partial charge on any atom is -0.469 e. The molecule has 1 rings (SSSR count). The Balaban J connectivity index is 2.65. The smallest absolute Gasteiger partial charge is 0.308 e. The first kappa shape index (κ1) is 11.4. The van der Waals surface area contributed by atoms with Crippen LogP contribution in [0.4, 0.5) is 0 Å². The van der Waals surface area contributed by atoms with Crippen molar-refractivity contribution in [3.8, 4) is 0 Å². The highest BCUT2D eigenvalue weighted by Gasteiger charge is 2.27. The molecule has 0 aromatic rings. The summed E-state index contributed by atoms with van der Waals surface area (Å²) in [6, 6.07) is 0. The number of methoxy groups -OCH3 is 1. The average Bonchev–Trinajstić information content (AvgIpc) is 2.14. The lowest BCUT2D eigenvalue weighted by Crippen LogP contribution is -2.32. The Morgan fingerprint density at radius 3 is 2.86 bits per heavy atom. The number of hydrogen-bond acceptors (Lipinski definition) is 4. The molecule has 5 heteroatoms. The van der Waals surface area contributed by atoms with Crippen LogP contribution >= 0.6 is 15.9 Å². The Labute approximate surface area is 90.4 Å². The molecule has 0 unspecified atom stereocenters. The number of halogens is 1. The third-order valence-electron chi connectivity index (χ3n) is 1.91. The largest absolute Gasteiger partial charge is 0.469 e. The lowest BCUT2D eigenvalue weighted by Gasteiger charge is -2.23. The molecular weight excluding hydrogens is 252 g/mol. The Morgan fingerprint density at radius 1 is 1.71 bits per heavy atom. The molecule has 0 N–H and O–H groups in total. The van der Waals surface area contributed by atoms with Crippen LogP contribution in [0.3, 0.4) is 0 Å². The second-order valence-electron chi connectivity index (χ2n) is 2.98. The van der Waals surface area contributed by atoms with Gasteiger partial charge in [0.05, 0.1) is 24.1 Å². The highest BCUT2D eigenvalue weighted by atomic mass is 79.9. The topological polar surface area (TPSA) is 52.6 Å². The number of carbonyl (C=O) groups excluding carboxylic acids is 2. The van der Waals surface area contributed by atoms with Crippen LogP contribution in [0.15, 0.2) is 10.6 Å². The number of Topliss-reactive ketones (excluding diaryl/α,β-unsaturated/α-hetero) is 1. The van der Waals surface area contributed by atoms with E-state index in [4.69, 9.17) is 4.74 Å². The molecule has 0 fully saturated rings. The van der Waals surface area contributed by atoms with E-state index >= 15 is 0 Å². The molecule has 0 bridgehead atoms. The van der Waals surface area contributed by atoms with Crippen LogP contribution in [-0.4, -0.2) is 31.1 Å². The fourth-order valence-electron chi connectivity index (χ4n) is 1.16. The van der Waals surface area contributed by atoms with Crippen LogP contribution in [0.2, 0.25) is 0 Å². The maximum Gasteiger partial charge on any atom is 0.308 e. The number of esters is 1. The molecule has 0 spiro atoms. The van der Waals surface area contributed by atoms with Gasteiger partial charge in [-0.2, -0.15) is 0 Å². The Bertz CT molecular complexity index is 285. The number of hydrogen-bond donors (Lipinski definition) is 0. The minimum atomic E-state index is -0.510. The van der Waals surface area contributed by atoms with Crippen LogP contribution in [0, 0.1) is 0 Å².